The molecule has 2 aliphatic carbocycles. The molecule has 3 atom stereocenters. The number of nitrogens with two attached hydrogens (primary N) is 1. The Kier molecular flexibility index (Phi) is 2.89. The molecule has 0 radical (unpaired) electrons. The Morgan fingerprint density at radius 3 is 2.46 bits per heavy atom. The van der Waals surface area contributed by atoms with E-state index in [2.05, 4.69) is 12.2 Å². The first kappa shape index (κ1) is 9.47. The van der Waals surface area contributed by atoms with Gasteiger partial charge in [-0.1, -0.05) is 12.8 Å². The number of nitrogens with one attached hydrogen (secondary N) is 1. The van der Waals surface area contributed by atoms with Crippen molar-refractivity contribution in [3.05, 3.63) is 0 Å². The van der Waals surface area contributed by atoms with Gasteiger partial charge in [0.25, 0.3) is 0 Å². The maximum Gasteiger partial charge on any atom is 0.0162 e. The van der Waals surface area contributed by atoms with Crippen LogP contribution in [-0.4, -0.2) is 19.1 Å². The van der Waals surface area contributed by atoms with E-state index in [1.807, 2.05) is 0 Å². The van der Waals surface area contributed by atoms with Crippen LogP contribution in [0.3, 0.4) is 0 Å². The van der Waals surface area contributed by atoms with Crippen LogP contribution in [0.4, 0.5) is 0 Å². The van der Waals surface area contributed by atoms with Crippen LogP contribution in [0, 0.1) is 17.8 Å². The zero-order valence-corrected chi connectivity index (χ0v) is 8.63. The molecule has 2 saturated carbocycles. The van der Waals surface area contributed by atoms with Crippen molar-refractivity contribution in [2.75, 3.05) is 13.1 Å². The standard InChI is InChI=1S/C11H22N2/c1-8(6-12)13-7-11-9-4-2-3-5-10(9)11/h8-11,13H,2-7,12H2,1H3. The van der Waals surface area contributed by atoms with Gasteiger partial charge in [0, 0.05) is 12.6 Å². The maximum atomic E-state index is 5.56. The highest BCUT2D eigenvalue weighted by Crippen LogP contribution is 2.54. The van der Waals surface area contributed by atoms with Crippen molar-refractivity contribution >= 4 is 0 Å². The smallest absolute Gasteiger partial charge is 0.0162 e. The molecule has 3 unspecified atom stereocenters. The average Bonchev–Trinajstić information content (AvgIpc) is 2.88. The number of hydrogen-bond acceptors (Lipinski definition) is 2. The molecule has 2 fully saturated rings. The molecule has 0 spiro atoms. The summed E-state index contributed by atoms with van der Waals surface area (Å²) in [5.41, 5.74) is 5.56. The van der Waals surface area contributed by atoms with E-state index in [1.165, 1.54) is 32.2 Å². The summed E-state index contributed by atoms with van der Waals surface area (Å²) in [6, 6.07) is 0.502. The van der Waals surface area contributed by atoms with Crippen LogP contribution in [-0.2, 0) is 0 Å². The first-order valence-corrected chi connectivity index (χ1v) is 5.76. The topological polar surface area (TPSA) is 38.0 Å². The van der Waals surface area contributed by atoms with Gasteiger partial charge in [-0.05, 0) is 44.1 Å². The first-order chi connectivity index (χ1) is 6.33. The first-order valence-electron chi connectivity index (χ1n) is 5.76. The molecule has 0 heterocycles. The summed E-state index contributed by atoms with van der Waals surface area (Å²) in [6.45, 7) is 4.15. The number of fused-ring (bicyclic) bond motifs is 1. The molecular weight excluding hydrogens is 160 g/mol. The van der Waals surface area contributed by atoms with E-state index in [9.17, 15) is 0 Å². The highest BCUT2D eigenvalue weighted by molar-refractivity contribution is 5.00. The zero-order valence-electron chi connectivity index (χ0n) is 8.63. The van der Waals surface area contributed by atoms with Gasteiger partial charge >= 0.3 is 0 Å². The molecule has 3 N–H and O–H groups in total. The molecule has 2 nitrogen and oxygen atoms in total. The summed E-state index contributed by atoms with van der Waals surface area (Å²) in [7, 11) is 0. The molecule has 76 valence electrons. The molecule has 0 aromatic rings. The Morgan fingerprint density at radius 1 is 1.31 bits per heavy atom. The van der Waals surface area contributed by atoms with E-state index in [-0.39, 0.29) is 0 Å². The van der Waals surface area contributed by atoms with Gasteiger partial charge in [0.15, 0.2) is 0 Å². The molecule has 2 heteroatoms. The van der Waals surface area contributed by atoms with Crippen LogP contribution in [0.25, 0.3) is 0 Å². The van der Waals surface area contributed by atoms with Gasteiger partial charge in [0.1, 0.15) is 0 Å². The summed E-state index contributed by atoms with van der Waals surface area (Å²) >= 11 is 0. The van der Waals surface area contributed by atoms with Gasteiger partial charge < -0.3 is 11.1 Å². The molecule has 0 amide bonds. The fourth-order valence-electron chi connectivity index (χ4n) is 2.86. The van der Waals surface area contributed by atoms with E-state index in [1.54, 1.807) is 0 Å². The Bertz CT molecular complexity index is 157. The number of rotatable bonds is 4. The molecule has 0 aromatic carbocycles. The summed E-state index contributed by atoms with van der Waals surface area (Å²) in [6.07, 6.45) is 5.94. The maximum absolute atomic E-state index is 5.56. The molecule has 0 aliphatic heterocycles. The van der Waals surface area contributed by atoms with Crippen molar-refractivity contribution in [1.29, 1.82) is 0 Å². The predicted molar refractivity (Wildman–Crippen MR) is 55.5 cm³/mol. The van der Waals surface area contributed by atoms with Crippen LogP contribution in [0.1, 0.15) is 32.6 Å². The van der Waals surface area contributed by atoms with Crippen LogP contribution < -0.4 is 11.1 Å². The van der Waals surface area contributed by atoms with Gasteiger partial charge in [-0.25, -0.2) is 0 Å². The van der Waals surface area contributed by atoms with E-state index >= 15 is 0 Å². The second-order valence-corrected chi connectivity index (χ2v) is 4.82. The molecular formula is C11H22N2. The minimum absolute atomic E-state index is 0.502. The fourth-order valence-corrected chi connectivity index (χ4v) is 2.86. The van der Waals surface area contributed by atoms with E-state index < -0.39 is 0 Å². The van der Waals surface area contributed by atoms with Gasteiger partial charge in [-0.15, -0.1) is 0 Å². The molecule has 2 rings (SSSR count). The lowest BCUT2D eigenvalue weighted by Gasteiger charge is -2.10. The summed E-state index contributed by atoms with van der Waals surface area (Å²) in [4.78, 5) is 0. The van der Waals surface area contributed by atoms with Crippen molar-refractivity contribution < 1.29 is 0 Å². The van der Waals surface area contributed by atoms with Crippen molar-refractivity contribution in [1.82, 2.24) is 5.32 Å². The third kappa shape index (κ3) is 2.05. The zero-order chi connectivity index (χ0) is 9.26. The predicted octanol–water partition coefficient (Wildman–Crippen LogP) is 1.36. The van der Waals surface area contributed by atoms with Crippen molar-refractivity contribution in [3.8, 4) is 0 Å². The monoisotopic (exact) mass is 182 g/mol. The van der Waals surface area contributed by atoms with Gasteiger partial charge in [-0.2, -0.15) is 0 Å². The van der Waals surface area contributed by atoms with E-state index in [4.69, 9.17) is 5.73 Å². The lowest BCUT2D eigenvalue weighted by molar-refractivity contribution is 0.480. The Labute approximate surface area is 81.3 Å². The van der Waals surface area contributed by atoms with Crippen molar-refractivity contribution in [2.45, 2.75) is 38.6 Å². The SMILES string of the molecule is CC(CN)NCC1C2CCCCC21. The largest absolute Gasteiger partial charge is 0.329 e. The molecule has 0 saturated heterocycles. The average molecular weight is 182 g/mol. The van der Waals surface area contributed by atoms with Gasteiger partial charge in [0.05, 0.1) is 0 Å². The quantitative estimate of drug-likeness (QED) is 0.689. The molecule has 0 aromatic heterocycles. The minimum atomic E-state index is 0.502. The third-order valence-electron chi connectivity index (χ3n) is 3.89. The molecule has 2 aliphatic rings. The van der Waals surface area contributed by atoms with Crippen LogP contribution in [0.5, 0.6) is 0 Å². The highest BCUT2D eigenvalue weighted by atomic mass is 14.9. The lowest BCUT2D eigenvalue weighted by atomic mass is 10.0. The van der Waals surface area contributed by atoms with Gasteiger partial charge in [0.2, 0.25) is 0 Å². The second kappa shape index (κ2) is 3.97. The Morgan fingerprint density at radius 2 is 1.92 bits per heavy atom. The van der Waals surface area contributed by atoms with Crippen LogP contribution >= 0.6 is 0 Å². The van der Waals surface area contributed by atoms with E-state index in [0.717, 1.165) is 24.3 Å². The molecule has 13 heavy (non-hydrogen) atoms. The second-order valence-electron chi connectivity index (χ2n) is 4.82. The lowest BCUT2D eigenvalue weighted by Crippen LogP contribution is -2.34. The highest BCUT2D eigenvalue weighted by Gasteiger charge is 2.49. The van der Waals surface area contributed by atoms with Crippen molar-refractivity contribution in [3.63, 3.8) is 0 Å². The van der Waals surface area contributed by atoms with Gasteiger partial charge in [-0.3, -0.25) is 0 Å². The van der Waals surface area contributed by atoms with Crippen LogP contribution in [0.2, 0.25) is 0 Å². The Balaban J connectivity index is 1.67. The summed E-state index contributed by atoms with van der Waals surface area (Å²) in [5, 5.41) is 3.53. The van der Waals surface area contributed by atoms with Crippen molar-refractivity contribution in [2.24, 2.45) is 23.5 Å². The minimum Gasteiger partial charge on any atom is -0.329 e. The summed E-state index contributed by atoms with van der Waals surface area (Å²) in [5.74, 6) is 3.15. The summed E-state index contributed by atoms with van der Waals surface area (Å²) < 4.78 is 0. The Hall–Kier alpha value is -0.0800. The normalized spacial score (nSPS) is 39.7. The number of hydrogen-bond donors (Lipinski definition) is 2. The fraction of sp³-hybridized carbons (Fsp3) is 1.00. The van der Waals surface area contributed by atoms with Crippen LogP contribution in [0.15, 0.2) is 0 Å². The van der Waals surface area contributed by atoms with E-state index in [0.29, 0.717) is 6.04 Å². The third-order valence-corrected chi connectivity index (χ3v) is 3.89. The molecule has 0 bridgehead atoms.